The van der Waals surface area contributed by atoms with Crippen LogP contribution >= 0.6 is 0 Å². The lowest BCUT2D eigenvalue weighted by atomic mass is 10.1. The van der Waals surface area contributed by atoms with Crippen molar-refractivity contribution in [3.63, 3.8) is 0 Å². The standard InChI is InChI=1S/C13H14N4O/c1-10(15-16-11(2)18)12-3-5-13(6-4-12)17-8-7-14-9-17/h3-9H,1-2H3,(H,16,18). The second kappa shape index (κ2) is 5.27. The van der Waals surface area contributed by atoms with E-state index in [9.17, 15) is 4.79 Å². The summed E-state index contributed by atoms with van der Waals surface area (Å²) in [5, 5.41) is 3.98. The van der Waals surface area contributed by atoms with Crippen LogP contribution in [-0.4, -0.2) is 21.2 Å². The Morgan fingerprint density at radius 3 is 2.56 bits per heavy atom. The summed E-state index contributed by atoms with van der Waals surface area (Å²) in [6.45, 7) is 3.28. The van der Waals surface area contributed by atoms with Crippen LogP contribution < -0.4 is 5.43 Å². The van der Waals surface area contributed by atoms with Gasteiger partial charge in [-0.3, -0.25) is 4.79 Å². The van der Waals surface area contributed by atoms with E-state index in [-0.39, 0.29) is 5.91 Å². The Balaban J connectivity index is 2.17. The molecule has 1 heterocycles. The zero-order valence-electron chi connectivity index (χ0n) is 10.3. The van der Waals surface area contributed by atoms with Gasteiger partial charge in [-0.05, 0) is 24.6 Å². The highest BCUT2D eigenvalue weighted by Gasteiger charge is 1.99. The fourth-order valence-corrected chi connectivity index (χ4v) is 1.51. The minimum Gasteiger partial charge on any atom is -0.306 e. The SMILES string of the molecule is CC(=O)NN=C(C)c1ccc(-n2ccnc2)cc1. The molecule has 0 aliphatic carbocycles. The average molecular weight is 242 g/mol. The predicted octanol–water partition coefficient (Wildman–Crippen LogP) is 1.73. The van der Waals surface area contributed by atoms with Gasteiger partial charge in [-0.2, -0.15) is 5.10 Å². The zero-order valence-corrected chi connectivity index (χ0v) is 10.3. The van der Waals surface area contributed by atoms with E-state index in [1.165, 1.54) is 6.92 Å². The molecule has 0 saturated carbocycles. The summed E-state index contributed by atoms with van der Waals surface area (Å²) in [6, 6.07) is 7.86. The number of nitrogens with zero attached hydrogens (tertiary/aromatic N) is 3. The number of carbonyl (C=O) groups is 1. The highest BCUT2D eigenvalue weighted by Crippen LogP contribution is 2.09. The summed E-state index contributed by atoms with van der Waals surface area (Å²) in [5.41, 5.74) is 5.18. The average Bonchev–Trinajstić information content (AvgIpc) is 2.90. The summed E-state index contributed by atoms with van der Waals surface area (Å²) < 4.78 is 1.92. The van der Waals surface area contributed by atoms with Crippen LogP contribution in [0.5, 0.6) is 0 Å². The van der Waals surface area contributed by atoms with E-state index in [1.54, 1.807) is 12.5 Å². The van der Waals surface area contributed by atoms with Crippen molar-refractivity contribution in [2.75, 3.05) is 0 Å². The molecule has 18 heavy (non-hydrogen) atoms. The monoisotopic (exact) mass is 242 g/mol. The molecular formula is C13H14N4O. The van der Waals surface area contributed by atoms with Crippen LogP contribution in [0.1, 0.15) is 19.4 Å². The lowest BCUT2D eigenvalue weighted by Gasteiger charge is -2.04. The molecule has 2 aromatic rings. The Bertz CT molecular complexity index is 555. The van der Waals surface area contributed by atoms with Gasteiger partial charge in [0.2, 0.25) is 5.91 Å². The van der Waals surface area contributed by atoms with Crippen molar-refractivity contribution in [1.29, 1.82) is 0 Å². The number of carbonyl (C=O) groups excluding carboxylic acids is 1. The van der Waals surface area contributed by atoms with Crippen LogP contribution in [-0.2, 0) is 4.79 Å². The van der Waals surface area contributed by atoms with Gasteiger partial charge in [-0.15, -0.1) is 0 Å². The van der Waals surface area contributed by atoms with Crippen molar-refractivity contribution in [2.24, 2.45) is 5.10 Å². The lowest BCUT2D eigenvalue weighted by Crippen LogP contribution is -2.15. The van der Waals surface area contributed by atoms with Crippen molar-refractivity contribution in [3.8, 4) is 5.69 Å². The van der Waals surface area contributed by atoms with Crippen molar-refractivity contribution >= 4 is 11.6 Å². The summed E-state index contributed by atoms with van der Waals surface area (Å²) in [7, 11) is 0. The molecule has 0 bridgehead atoms. The highest BCUT2D eigenvalue weighted by atomic mass is 16.2. The molecule has 5 nitrogen and oxygen atoms in total. The number of benzene rings is 1. The van der Waals surface area contributed by atoms with E-state index in [0.29, 0.717) is 0 Å². The van der Waals surface area contributed by atoms with Gasteiger partial charge in [-0.25, -0.2) is 10.4 Å². The van der Waals surface area contributed by atoms with Gasteiger partial charge < -0.3 is 4.57 Å². The van der Waals surface area contributed by atoms with Crippen LogP contribution in [0, 0.1) is 0 Å². The van der Waals surface area contributed by atoms with Crippen molar-refractivity contribution in [3.05, 3.63) is 48.5 Å². The third-order valence-corrected chi connectivity index (χ3v) is 2.47. The van der Waals surface area contributed by atoms with Gasteiger partial charge in [0.05, 0.1) is 12.0 Å². The molecule has 0 atom stereocenters. The molecule has 1 aromatic carbocycles. The van der Waals surface area contributed by atoms with Crippen LogP contribution in [0.25, 0.3) is 5.69 Å². The Morgan fingerprint density at radius 2 is 2.00 bits per heavy atom. The predicted molar refractivity (Wildman–Crippen MR) is 69.6 cm³/mol. The number of hydrogen-bond donors (Lipinski definition) is 1. The lowest BCUT2D eigenvalue weighted by molar-refractivity contribution is -0.118. The van der Waals surface area contributed by atoms with Gasteiger partial charge in [0.1, 0.15) is 0 Å². The highest BCUT2D eigenvalue weighted by molar-refractivity contribution is 5.99. The number of rotatable bonds is 3. The zero-order chi connectivity index (χ0) is 13.0. The van der Waals surface area contributed by atoms with Gasteiger partial charge in [-0.1, -0.05) is 12.1 Å². The van der Waals surface area contributed by atoms with Crippen LogP contribution in [0.4, 0.5) is 0 Å². The van der Waals surface area contributed by atoms with Gasteiger partial charge in [0.25, 0.3) is 0 Å². The Hall–Kier alpha value is -2.43. The second-order valence-corrected chi connectivity index (χ2v) is 3.88. The maximum absolute atomic E-state index is 10.8. The molecule has 0 aliphatic heterocycles. The summed E-state index contributed by atoms with van der Waals surface area (Å²) in [6.07, 6.45) is 5.36. The maximum atomic E-state index is 10.8. The normalized spacial score (nSPS) is 11.3. The van der Waals surface area contributed by atoms with Crippen molar-refractivity contribution in [2.45, 2.75) is 13.8 Å². The van der Waals surface area contributed by atoms with Gasteiger partial charge in [0.15, 0.2) is 0 Å². The fourth-order valence-electron chi connectivity index (χ4n) is 1.51. The number of hydrazone groups is 1. The molecule has 0 spiro atoms. The first-order valence-corrected chi connectivity index (χ1v) is 5.56. The molecule has 0 saturated heterocycles. The van der Waals surface area contributed by atoms with E-state index in [0.717, 1.165) is 17.0 Å². The Morgan fingerprint density at radius 1 is 1.28 bits per heavy atom. The van der Waals surface area contributed by atoms with E-state index in [4.69, 9.17) is 0 Å². The molecule has 1 N–H and O–H groups in total. The van der Waals surface area contributed by atoms with Crippen LogP contribution in [0.3, 0.4) is 0 Å². The van der Waals surface area contributed by atoms with Crippen LogP contribution in [0.15, 0.2) is 48.1 Å². The summed E-state index contributed by atoms with van der Waals surface area (Å²) >= 11 is 0. The molecular weight excluding hydrogens is 228 g/mol. The molecule has 0 fully saturated rings. The van der Waals surface area contributed by atoms with Crippen molar-refractivity contribution < 1.29 is 4.79 Å². The molecule has 0 radical (unpaired) electrons. The third-order valence-electron chi connectivity index (χ3n) is 2.47. The Kier molecular flexibility index (Phi) is 3.52. The van der Waals surface area contributed by atoms with E-state index in [1.807, 2.05) is 42.0 Å². The number of imidazole rings is 1. The minimum absolute atomic E-state index is 0.176. The quantitative estimate of drug-likeness (QED) is 0.658. The van der Waals surface area contributed by atoms with Gasteiger partial charge >= 0.3 is 0 Å². The topological polar surface area (TPSA) is 59.3 Å². The third kappa shape index (κ3) is 2.82. The molecule has 0 unspecified atom stereocenters. The van der Waals surface area contributed by atoms with E-state index in [2.05, 4.69) is 15.5 Å². The van der Waals surface area contributed by atoms with Crippen molar-refractivity contribution in [1.82, 2.24) is 15.0 Å². The van der Waals surface area contributed by atoms with Crippen LogP contribution in [0.2, 0.25) is 0 Å². The van der Waals surface area contributed by atoms with E-state index >= 15 is 0 Å². The smallest absolute Gasteiger partial charge is 0.236 e. The van der Waals surface area contributed by atoms with E-state index < -0.39 is 0 Å². The maximum Gasteiger partial charge on any atom is 0.236 e. The molecule has 92 valence electrons. The summed E-state index contributed by atoms with van der Waals surface area (Å²) in [5.74, 6) is -0.176. The summed E-state index contributed by atoms with van der Waals surface area (Å²) in [4.78, 5) is 14.8. The number of aromatic nitrogens is 2. The minimum atomic E-state index is -0.176. The van der Waals surface area contributed by atoms with Gasteiger partial charge in [0, 0.05) is 25.0 Å². The second-order valence-electron chi connectivity index (χ2n) is 3.88. The molecule has 0 aliphatic rings. The molecule has 1 aromatic heterocycles. The largest absolute Gasteiger partial charge is 0.306 e. The first-order chi connectivity index (χ1) is 8.66. The first kappa shape index (κ1) is 12.0. The Labute approximate surface area is 105 Å². The molecule has 2 rings (SSSR count). The number of amides is 1. The molecule has 1 amide bonds. The fraction of sp³-hybridized carbons (Fsp3) is 0.154. The molecule has 5 heteroatoms. The first-order valence-electron chi connectivity index (χ1n) is 5.56. The number of nitrogens with one attached hydrogen (secondary N) is 1. The number of hydrogen-bond acceptors (Lipinski definition) is 3.